The average Bonchev–Trinajstić information content (AvgIpc) is 2.97. The Kier molecular flexibility index (Phi) is 5.34. The number of nitrogens with two attached hydrogens (primary N) is 1. The van der Waals surface area contributed by atoms with E-state index in [-0.39, 0.29) is 6.04 Å². The highest BCUT2D eigenvalue weighted by molar-refractivity contribution is 7.07. The molecule has 0 radical (unpaired) electrons. The topological polar surface area (TPSA) is 69.4 Å². The number of hydrogen-bond donors (Lipinski definition) is 2. The minimum absolute atomic E-state index is 0.156. The molecule has 1 aromatic carbocycles. The molecule has 2 rings (SSSR count). The molecular weight excluding hydrogens is 274 g/mol. The third kappa shape index (κ3) is 3.27. The Labute approximate surface area is 122 Å². The lowest BCUT2D eigenvalue weighted by Gasteiger charge is -2.17. The van der Waals surface area contributed by atoms with Crippen LogP contribution in [-0.4, -0.2) is 18.2 Å². The Morgan fingerprint density at radius 1 is 1.25 bits per heavy atom. The molecule has 0 aliphatic heterocycles. The van der Waals surface area contributed by atoms with Crippen molar-refractivity contribution >= 4 is 11.3 Å². The van der Waals surface area contributed by atoms with Crippen LogP contribution in [0.3, 0.4) is 0 Å². The van der Waals surface area contributed by atoms with Crippen LogP contribution in [0.2, 0.25) is 0 Å². The maximum Gasteiger partial charge on any atom is 0.161 e. The Hall–Kier alpha value is -1.63. The van der Waals surface area contributed by atoms with Crippen molar-refractivity contribution in [3.63, 3.8) is 0 Å². The van der Waals surface area contributed by atoms with E-state index in [9.17, 15) is 0 Å². The molecule has 0 aliphatic carbocycles. The highest BCUT2D eigenvalue weighted by atomic mass is 32.1. The SMILES string of the molecule is CCOc1ccc(C(NN)c2cscn2)cc1OCC. The van der Waals surface area contributed by atoms with Gasteiger partial charge in [0.05, 0.1) is 30.5 Å². The van der Waals surface area contributed by atoms with Gasteiger partial charge in [-0.05, 0) is 31.5 Å². The van der Waals surface area contributed by atoms with E-state index in [1.54, 1.807) is 16.8 Å². The van der Waals surface area contributed by atoms with Gasteiger partial charge in [0.25, 0.3) is 0 Å². The maximum atomic E-state index is 5.66. The molecule has 1 atom stereocenters. The summed E-state index contributed by atoms with van der Waals surface area (Å²) in [5, 5.41) is 1.97. The Balaban J connectivity index is 2.33. The van der Waals surface area contributed by atoms with Crippen molar-refractivity contribution in [3.05, 3.63) is 40.3 Å². The van der Waals surface area contributed by atoms with Gasteiger partial charge in [0.15, 0.2) is 11.5 Å². The smallest absolute Gasteiger partial charge is 0.161 e. The monoisotopic (exact) mass is 293 g/mol. The first-order valence-electron chi connectivity index (χ1n) is 6.53. The van der Waals surface area contributed by atoms with Gasteiger partial charge >= 0.3 is 0 Å². The molecule has 0 saturated carbocycles. The minimum Gasteiger partial charge on any atom is -0.490 e. The zero-order valence-corrected chi connectivity index (χ0v) is 12.4. The van der Waals surface area contributed by atoms with Crippen molar-refractivity contribution in [1.82, 2.24) is 10.4 Å². The van der Waals surface area contributed by atoms with Gasteiger partial charge in [-0.2, -0.15) is 0 Å². The van der Waals surface area contributed by atoms with Crippen LogP contribution < -0.4 is 20.7 Å². The molecule has 2 aromatic rings. The van der Waals surface area contributed by atoms with E-state index in [4.69, 9.17) is 15.3 Å². The first-order valence-corrected chi connectivity index (χ1v) is 7.48. The molecular formula is C14H19N3O2S. The first-order chi connectivity index (χ1) is 9.80. The summed E-state index contributed by atoms with van der Waals surface area (Å²) in [5.41, 5.74) is 6.46. The van der Waals surface area contributed by atoms with Gasteiger partial charge in [0.1, 0.15) is 0 Å². The molecule has 108 valence electrons. The number of hydrazine groups is 1. The molecule has 0 fully saturated rings. The lowest BCUT2D eigenvalue weighted by atomic mass is 10.0. The molecule has 5 nitrogen and oxygen atoms in total. The number of hydrogen-bond acceptors (Lipinski definition) is 6. The molecule has 0 spiro atoms. The standard InChI is InChI=1S/C14H19N3O2S/c1-3-18-12-6-5-10(7-13(12)19-4-2)14(17-15)11-8-20-9-16-11/h5-9,14,17H,3-4,15H2,1-2H3. The number of rotatable bonds is 7. The van der Waals surface area contributed by atoms with Crippen LogP contribution in [0.1, 0.15) is 31.1 Å². The van der Waals surface area contributed by atoms with Crippen LogP contribution in [0, 0.1) is 0 Å². The minimum atomic E-state index is -0.156. The van der Waals surface area contributed by atoms with Crippen molar-refractivity contribution in [1.29, 1.82) is 0 Å². The van der Waals surface area contributed by atoms with Gasteiger partial charge < -0.3 is 9.47 Å². The van der Waals surface area contributed by atoms with E-state index in [0.29, 0.717) is 13.2 Å². The summed E-state index contributed by atoms with van der Waals surface area (Å²) in [6.07, 6.45) is 0. The van der Waals surface area contributed by atoms with E-state index in [2.05, 4.69) is 10.4 Å². The normalized spacial score (nSPS) is 12.2. The fraction of sp³-hybridized carbons (Fsp3) is 0.357. The molecule has 0 bridgehead atoms. The quantitative estimate of drug-likeness (QED) is 0.606. The van der Waals surface area contributed by atoms with Crippen LogP contribution >= 0.6 is 11.3 Å². The second-order valence-electron chi connectivity index (χ2n) is 4.09. The van der Waals surface area contributed by atoms with Gasteiger partial charge in [0.2, 0.25) is 0 Å². The van der Waals surface area contributed by atoms with Crippen molar-refractivity contribution in [2.24, 2.45) is 5.84 Å². The molecule has 20 heavy (non-hydrogen) atoms. The van der Waals surface area contributed by atoms with Gasteiger partial charge in [-0.25, -0.2) is 10.4 Å². The van der Waals surface area contributed by atoms with Crippen LogP contribution in [0.5, 0.6) is 11.5 Å². The summed E-state index contributed by atoms with van der Waals surface area (Å²) in [5.74, 6) is 7.13. The van der Waals surface area contributed by atoms with Crippen LogP contribution in [0.15, 0.2) is 29.1 Å². The Morgan fingerprint density at radius 2 is 2.00 bits per heavy atom. The maximum absolute atomic E-state index is 5.66. The highest BCUT2D eigenvalue weighted by Gasteiger charge is 2.17. The van der Waals surface area contributed by atoms with Crippen molar-refractivity contribution in [2.75, 3.05) is 13.2 Å². The summed E-state index contributed by atoms with van der Waals surface area (Å²) < 4.78 is 11.2. The lowest BCUT2D eigenvalue weighted by molar-refractivity contribution is 0.287. The largest absolute Gasteiger partial charge is 0.490 e. The summed E-state index contributed by atoms with van der Waals surface area (Å²) in [4.78, 5) is 4.30. The summed E-state index contributed by atoms with van der Waals surface area (Å²) in [6, 6.07) is 5.66. The van der Waals surface area contributed by atoms with Gasteiger partial charge in [-0.3, -0.25) is 5.84 Å². The van der Waals surface area contributed by atoms with E-state index >= 15 is 0 Å². The number of nitrogens with zero attached hydrogens (tertiary/aromatic N) is 1. The van der Waals surface area contributed by atoms with E-state index < -0.39 is 0 Å². The molecule has 3 N–H and O–H groups in total. The first kappa shape index (κ1) is 14.8. The van der Waals surface area contributed by atoms with Crippen LogP contribution in [0.25, 0.3) is 0 Å². The van der Waals surface area contributed by atoms with Gasteiger partial charge in [-0.1, -0.05) is 6.07 Å². The summed E-state index contributed by atoms with van der Waals surface area (Å²) >= 11 is 1.54. The predicted octanol–water partition coefficient (Wildman–Crippen LogP) is 2.49. The van der Waals surface area contributed by atoms with Crippen molar-refractivity contribution < 1.29 is 9.47 Å². The second kappa shape index (κ2) is 7.23. The molecule has 1 heterocycles. The Bertz CT molecular complexity index is 531. The van der Waals surface area contributed by atoms with Gasteiger partial charge in [-0.15, -0.1) is 11.3 Å². The second-order valence-corrected chi connectivity index (χ2v) is 4.80. The average molecular weight is 293 g/mol. The van der Waals surface area contributed by atoms with E-state index in [1.807, 2.05) is 37.4 Å². The number of thiazole rings is 1. The third-order valence-electron chi connectivity index (χ3n) is 2.81. The third-order valence-corrected chi connectivity index (χ3v) is 3.42. The zero-order valence-electron chi connectivity index (χ0n) is 11.6. The van der Waals surface area contributed by atoms with E-state index in [0.717, 1.165) is 22.8 Å². The zero-order chi connectivity index (χ0) is 14.4. The molecule has 1 unspecified atom stereocenters. The van der Waals surface area contributed by atoms with E-state index in [1.165, 1.54) is 0 Å². The van der Waals surface area contributed by atoms with Crippen molar-refractivity contribution in [2.45, 2.75) is 19.9 Å². The number of benzene rings is 1. The molecule has 0 saturated heterocycles. The number of nitrogens with one attached hydrogen (secondary N) is 1. The van der Waals surface area contributed by atoms with Crippen LogP contribution in [-0.2, 0) is 0 Å². The fourth-order valence-electron chi connectivity index (χ4n) is 1.96. The fourth-order valence-corrected chi connectivity index (χ4v) is 2.54. The Morgan fingerprint density at radius 3 is 2.60 bits per heavy atom. The van der Waals surface area contributed by atoms with Gasteiger partial charge in [0, 0.05) is 5.38 Å². The lowest BCUT2D eigenvalue weighted by Crippen LogP contribution is -2.29. The number of ether oxygens (including phenoxy) is 2. The number of aromatic nitrogens is 1. The molecule has 0 aliphatic rings. The van der Waals surface area contributed by atoms with Crippen molar-refractivity contribution in [3.8, 4) is 11.5 Å². The van der Waals surface area contributed by atoms with Crippen LogP contribution in [0.4, 0.5) is 0 Å². The summed E-state index contributed by atoms with van der Waals surface area (Å²) in [6.45, 7) is 5.08. The molecule has 1 aromatic heterocycles. The molecule has 0 amide bonds. The highest BCUT2D eigenvalue weighted by Crippen LogP contribution is 2.32. The predicted molar refractivity (Wildman–Crippen MR) is 80.1 cm³/mol. The molecule has 6 heteroatoms. The summed E-state index contributed by atoms with van der Waals surface area (Å²) in [7, 11) is 0.